The van der Waals surface area contributed by atoms with Crippen LogP contribution in [0.3, 0.4) is 0 Å². The number of nitrogens with two attached hydrogens (primary N) is 1. The Morgan fingerprint density at radius 2 is 1.95 bits per heavy atom. The number of nitrogens with zero attached hydrogens (tertiary/aromatic N) is 1. The van der Waals surface area contributed by atoms with Gasteiger partial charge in [0.1, 0.15) is 0 Å². The number of thiazole rings is 1. The summed E-state index contributed by atoms with van der Waals surface area (Å²) >= 11 is 1.59. The fourth-order valence-corrected chi connectivity index (χ4v) is 2.75. The molecule has 0 fully saturated rings. The van der Waals surface area contributed by atoms with Crippen molar-refractivity contribution in [3.05, 3.63) is 59.5 Å². The van der Waals surface area contributed by atoms with Crippen molar-refractivity contribution in [2.75, 3.05) is 11.1 Å². The van der Waals surface area contributed by atoms with Gasteiger partial charge in [-0.1, -0.05) is 24.3 Å². The summed E-state index contributed by atoms with van der Waals surface area (Å²) in [5.41, 5.74) is 10.8. The molecule has 0 aliphatic rings. The van der Waals surface area contributed by atoms with E-state index in [1.54, 1.807) is 11.3 Å². The molecule has 3 aromatic rings. The lowest BCUT2D eigenvalue weighted by molar-refractivity contribution is 1.37. The third-order valence-corrected chi connectivity index (χ3v) is 3.71. The van der Waals surface area contributed by atoms with Gasteiger partial charge < -0.3 is 11.1 Å². The molecule has 0 saturated heterocycles. The third-order valence-electron chi connectivity index (χ3n) is 2.96. The van der Waals surface area contributed by atoms with Crippen molar-refractivity contribution in [2.24, 2.45) is 0 Å². The van der Waals surface area contributed by atoms with Crippen LogP contribution in [-0.2, 0) is 0 Å². The number of hydrogen-bond donors (Lipinski definition) is 2. The largest absolute Gasteiger partial charge is 0.399 e. The number of nitrogens with one attached hydrogen (secondary N) is 1. The fourth-order valence-electron chi connectivity index (χ4n) is 2.01. The van der Waals surface area contributed by atoms with Crippen molar-refractivity contribution in [1.29, 1.82) is 0 Å². The van der Waals surface area contributed by atoms with Crippen LogP contribution >= 0.6 is 11.3 Å². The molecular weight excluding hydrogens is 266 g/mol. The zero-order chi connectivity index (χ0) is 13.9. The predicted octanol–water partition coefficient (Wildman–Crippen LogP) is 4.44. The maximum Gasteiger partial charge on any atom is 0.187 e. The summed E-state index contributed by atoms with van der Waals surface area (Å²) in [7, 11) is 0. The molecule has 3 nitrogen and oxygen atoms in total. The van der Waals surface area contributed by atoms with Gasteiger partial charge in [-0.05, 0) is 36.8 Å². The maximum absolute atomic E-state index is 5.80. The van der Waals surface area contributed by atoms with Crippen molar-refractivity contribution in [1.82, 2.24) is 4.98 Å². The zero-order valence-electron chi connectivity index (χ0n) is 11.1. The number of hydrogen-bond acceptors (Lipinski definition) is 4. The van der Waals surface area contributed by atoms with Gasteiger partial charge in [-0.15, -0.1) is 11.3 Å². The summed E-state index contributed by atoms with van der Waals surface area (Å²) in [4.78, 5) is 4.60. The van der Waals surface area contributed by atoms with Gasteiger partial charge in [0.05, 0.1) is 5.69 Å². The van der Waals surface area contributed by atoms with Crippen molar-refractivity contribution in [3.8, 4) is 11.3 Å². The Bertz CT molecular complexity index is 734. The van der Waals surface area contributed by atoms with E-state index in [4.69, 9.17) is 5.73 Å². The number of aromatic nitrogens is 1. The second-order valence-corrected chi connectivity index (χ2v) is 5.52. The van der Waals surface area contributed by atoms with E-state index in [0.717, 1.165) is 27.8 Å². The van der Waals surface area contributed by atoms with Gasteiger partial charge in [-0.3, -0.25) is 0 Å². The molecule has 0 spiro atoms. The van der Waals surface area contributed by atoms with Gasteiger partial charge in [0.25, 0.3) is 0 Å². The molecule has 4 heteroatoms. The summed E-state index contributed by atoms with van der Waals surface area (Å²) < 4.78 is 0. The first-order valence-electron chi connectivity index (χ1n) is 6.36. The normalized spacial score (nSPS) is 10.4. The van der Waals surface area contributed by atoms with Crippen LogP contribution in [0.1, 0.15) is 5.56 Å². The number of benzene rings is 2. The Kier molecular flexibility index (Phi) is 3.39. The molecule has 0 bridgehead atoms. The van der Waals surface area contributed by atoms with Crippen LogP contribution in [0.15, 0.2) is 53.9 Å². The second-order valence-electron chi connectivity index (χ2n) is 4.66. The standard InChI is InChI=1S/C16H15N3S/c1-11-4-2-7-14(8-11)18-16-19-15(10-20-16)12-5-3-6-13(17)9-12/h2-10H,17H2,1H3,(H,18,19). The zero-order valence-corrected chi connectivity index (χ0v) is 11.9. The summed E-state index contributed by atoms with van der Waals surface area (Å²) in [6, 6.07) is 16.0. The van der Waals surface area contributed by atoms with E-state index in [9.17, 15) is 0 Å². The molecule has 0 amide bonds. The molecule has 1 aromatic heterocycles. The van der Waals surface area contributed by atoms with E-state index in [-0.39, 0.29) is 0 Å². The lowest BCUT2D eigenvalue weighted by Crippen LogP contribution is -1.90. The second kappa shape index (κ2) is 5.35. The minimum atomic E-state index is 0.753. The van der Waals surface area contributed by atoms with E-state index in [0.29, 0.717) is 0 Å². The van der Waals surface area contributed by atoms with Crippen LogP contribution in [0.25, 0.3) is 11.3 Å². The van der Waals surface area contributed by atoms with Crippen molar-refractivity contribution in [2.45, 2.75) is 6.92 Å². The molecule has 0 saturated carbocycles. The lowest BCUT2D eigenvalue weighted by atomic mass is 10.1. The molecule has 1 heterocycles. The first-order valence-corrected chi connectivity index (χ1v) is 7.24. The smallest absolute Gasteiger partial charge is 0.187 e. The average molecular weight is 281 g/mol. The van der Waals surface area contributed by atoms with E-state index < -0.39 is 0 Å². The SMILES string of the molecule is Cc1cccc(Nc2nc(-c3cccc(N)c3)cs2)c1. The van der Waals surface area contributed by atoms with E-state index in [1.165, 1.54) is 5.56 Å². The number of aryl methyl sites for hydroxylation is 1. The van der Waals surface area contributed by atoms with Crippen LogP contribution < -0.4 is 11.1 Å². The summed E-state index contributed by atoms with van der Waals surface area (Å²) in [5, 5.41) is 6.24. The van der Waals surface area contributed by atoms with Crippen molar-refractivity contribution >= 4 is 27.8 Å². The van der Waals surface area contributed by atoms with Crippen LogP contribution in [0.2, 0.25) is 0 Å². The molecule has 3 N–H and O–H groups in total. The van der Waals surface area contributed by atoms with Crippen molar-refractivity contribution in [3.63, 3.8) is 0 Å². The monoisotopic (exact) mass is 281 g/mol. The molecule has 20 heavy (non-hydrogen) atoms. The highest BCUT2D eigenvalue weighted by Crippen LogP contribution is 2.28. The first-order chi connectivity index (χ1) is 9.70. The van der Waals surface area contributed by atoms with E-state index in [2.05, 4.69) is 29.4 Å². The predicted molar refractivity (Wildman–Crippen MR) is 86.4 cm³/mol. The first kappa shape index (κ1) is 12.7. The Hall–Kier alpha value is -2.33. The Labute approximate surface area is 122 Å². The Morgan fingerprint density at radius 1 is 1.10 bits per heavy atom. The van der Waals surface area contributed by atoms with Gasteiger partial charge in [-0.2, -0.15) is 0 Å². The topological polar surface area (TPSA) is 50.9 Å². The molecule has 0 unspecified atom stereocenters. The highest BCUT2D eigenvalue weighted by Gasteiger charge is 2.05. The summed E-state index contributed by atoms with van der Waals surface area (Å²) in [5.74, 6) is 0. The van der Waals surface area contributed by atoms with Crippen LogP contribution in [0, 0.1) is 6.92 Å². The minimum Gasteiger partial charge on any atom is -0.399 e. The summed E-state index contributed by atoms with van der Waals surface area (Å²) in [6.07, 6.45) is 0. The number of rotatable bonds is 3. The molecule has 0 aliphatic heterocycles. The molecule has 100 valence electrons. The highest BCUT2D eigenvalue weighted by molar-refractivity contribution is 7.14. The van der Waals surface area contributed by atoms with Gasteiger partial charge in [0.15, 0.2) is 5.13 Å². The molecule has 0 aliphatic carbocycles. The average Bonchev–Trinajstić information content (AvgIpc) is 2.87. The number of nitrogen functional groups attached to an aromatic ring is 1. The van der Waals surface area contributed by atoms with E-state index >= 15 is 0 Å². The van der Waals surface area contributed by atoms with Gasteiger partial charge in [-0.25, -0.2) is 4.98 Å². The minimum absolute atomic E-state index is 0.753. The maximum atomic E-state index is 5.80. The van der Waals surface area contributed by atoms with Crippen LogP contribution in [0.4, 0.5) is 16.5 Å². The van der Waals surface area contributed by atoms with Gasteiger partial charge >= 0.3 is 0 Å². The lowest BCUT2D eigenvalue weighted by Gasteiger charge is -2.03. The molecule has 2 aromatic carbocycles. The summed E-state index contributed by atoms with van der Waals surface area (Å²) in [6.45, 7) is 2.07. The Morgan fingerprint density at radius 3 is 2.75 bits per heavy atom. The van der Waals surface area contributed by atoms with E-state index in [1.807, 2.05) is 41.8 Å². The molecule has 3 rings (SSSR count). The van der Waals surface area contributed by atoms with Crippen molar-refractivity contribution < 1.29 is 0 Å². The van der Waals surface area contributed by atoms with Crippen LogP contribution in [0.5, 0.6) is 0 Å². The fraction of sp³-hybridized carbons (Fsp3) is 0.0625. The third kappa shape index (κ3) is 2.81. The highest BCUT2D eigenvalue weighted by atomic mass is 32.1. The van der Waals surface area contributed by atoms with Gasteiger partial charge in [0, 0.05) is 22.3 Å². The molecule has 0 atom stereocenters. The van der Waals surface area contributed by atoms with Gasteiger partial charge in [0.2, 0.25) is 0 Å². The number of anilines is 3. The molecular formula is C16H15N3S. The Balaban J connectivity index is 1.84. The van der Waals surface area contributed by atoms with Crippen LogP contribution in [-0.4, -0.2) is 4.98 Å². The molecule has 0 radical (unpaired) electrons. The quantitative estimate of drug-likeness (QED) is 0.698.